The first-order chi connectivity index (χ1) is 20.9. The Morgan fingerprint density at radius 2 is 1.91 bits per heavy atom. The van der Waals surface area contributed by atoms with Gasteiger partial charge < -0.3 is 14.7 Å². The van der Waals surface area contributed by atoms with Crippen molar-refractivity contribution in [2.24, 2.45) is 0 Å². The van der Waals surface area contributed by atoms with Crippen molar-refractivity contribution in [2.45, 2.75) is 46.2 Å². The van der Waals surface area contributed by atoms with Crippen molar-refractivity contribution in [3.63, 3.8) is 0 Å². The minimum absolute atomic E-state index is 0.0845. The topological polar surface area (TPSA) is 74.6 Å². The molecule has 1 aliphatic rings. The molecule has 2 aromatic heterocycles. The van der Waals surface area contributed by atoms with E-state index >= 15 is 4.39 Å². The molecule has 1 unspecified atom stereocenters. The van der Waals surface area contributed by atoms with Crippen molar-refractivity contribution in [2.75, 3.05) is 38.6 Å². The average Bonchev–Trinajstić information content (AvgIpc) is 2.96. The van der Waals surface area contributed by atoms with Crippen LogP contribution in [0.4, 0.5) is 10.2 Å². The lowest BCUT2D eigenvalue weighted by atomic mass is 9.94. The zero-order chi connectivity index (χ0) is 31.9. The van der Waals surface area contributed by atoms with Gasteiger partial charge in [-0.25, -0.2) is 18.7 Å². The number of fused-ring (bicyclic) bond motifs is 1. The molecule has 3 heterocycles. The second kappa shape index (κ2) is 12.5. The van der Waals surface area contributed by atoms with Gasteiger partial charge in [-0.1, -0.05) is 56.3 Å². The Labute approximate surface area is 262 Å². The number of carbonyl (C=O) groups is 1. The molecule has 0 saturated carbocycles. The summed E-state index contributed by atoms with van der Waals surface area (Å²) in [4.78, 5) is 42.0. The van der Waals surface area contributed by atoms with Crippen LogP contribution in [0.1, 0.15) is 43.4 Å². The molecule has 5 rings (SSSR count). The first kappa shape index (κ1) is 31.3. The van der Waals surface area contributed by atoms with Crippen molar-refractivity contribution in [3.05, 3.63) is 93.1 Å². The third-order valence-corrected chi connectivity index (χ3v) is 8.34. The number of amides is 1. The molecular formula is C34H38ClFN6O2. The fraction of sp³-hybridized carbons (Fsp3) is 0.353. The molecular weight excluding hydrogens is 579 g/mol. The lowest BCUT2D eigenvalue weighted by Gasteiger charge is -2.40. The second-order valence-corrected chi connectivity index (χ2v) is 12.4. The number of hydrogen-bond donors (Lipinski definition) is 0. The van der Waals surface area contributed by atoms with Crippen molar-refractivity contribution >= 4 is 34.4 Å². The molecule has 1 amide bonds. The van der Waals surface area contributed by atoms with Crippen LogP contribution in [0.15, 0.2) is 59.9 Å². The van der Waals surface area contributed by atoms with Crippen LogP contribution < -0.4 is 10.6 Å². The highest BCUT2D eigenvalue weighted by molar-refractivity contribution is 6.33. The van der Waals surface area contributed by atoms with E-state index in [9.17, 15) is 9.59 Å². The van der Waals surface area contributed by atoms with Crippen molar-refractivity contribution in [3.8, 4) is 16.9 Å². The summed E-state index contributed by atoms with van der Waals surface area (Å²) in [6.07, 6.45) is 1.31. The Kier molecular flexibility index (Phi) is 8.90. The first-order valence-corrected chi connectivity index (χ1v) is 15.1. The van der Waals surface area contributed by atoms with Crippen LogP contribution in [-0.4, -0.2) is 70.0 Å². The molecule has 0 radical (unpaired) electrons. The molecule has 1 saturated heterocycles. The molecule has 4 aromatic rings. The van der Waals surface area contributed by atoms with Crippen LogP contribution in [0.5, 0.6) is 0 Å². The van der Waals surface area contributed by atoms with Gasteiger partial charge in [-0.3, -0.25) is 4.79 Å². The predicted molar refractivity (Wildman–Crippen MR) is 175 cm³/mol. The molecule has 0 N–H and O–H groups in total. The highest BCUT2D eigenvalue weighted by Gasteiger charge is 2.30. The van der Waals surface area contributed by atoms with E-state index < -0.39 is 11.5 Å². The molecule has 44 heavy (non-hydrogen) atoms. The third kappa shape index (κ3) is 5.86. The maximum absolute atomic E-state index is 15.1. The molecule has 8 nitrogen and oxygen atoms in total. The normalized spacial score (nSPS) is 15.5. The van der Waals surface area contributed by atoms with Gasteiger partial charge in [0, 0.05) is 37.8 Å². The zero-order valence-electron chi connectivity index (χ0n) is 26.1. The summed E-state index contributed by atoms with van der Waals surface area (Å²) in [5.41, 5.74) is 4.04. The van der Waals surface area contributed by atoms with Crippen molar-refractivity contribution < 1.29 is 9.18 Å². The number of carbonyl (C=O) groups excluding carboxylic acids is 1. The van der Waals surface area contributed by atoms with E-state index in [0.29, 0.717) is 42.2 Å². The number of hydrogen-bond acceptors (Lipinski definition) is 6. The number of pyridine rings is 1. The molecule has 230 valence electrons. The lowest BCUT2D eigenvalue weighted by Crippen LogP contribution is -2.54. The minimum Gasteiger partial charge on any atom is -0.350 e. The van der Waals surface area contributed by atoms with Crippen LogP contribution >= 0.6 is 11.6 Å². The van der Waals surface area contributed by atoms with E-state index in [1.807, 2.05) is 32.8 Å². The molecule has 0 bridgehead atoms. The maximum atomic E-state index is 15.1. The number of anilines is 1. The number of aryl methyl sites for hydroxylation is 1. The summed E-state index contributed by atoms with van der Waals surface area (Å²) in [5, 5.41) is 0.808. The Balaban J connectivity index is 1.81. The number of benzene rings is 2. The summed E-state index contributed by atoms with van der Waals surface area (Å²) in [5.74, 6) is -0.0882. The van der Waals surface area contributed by atoms with Gasteiger partial charge in [-0.2, -0.15) is 4.98 Å². The van der Waals surface area contributed by atoms with Gasteiger partial charge in [0.05, 0.1) is 21.8 Å². The van der Waals surface area contributed by atoms with Crippen molar-refractivity contribution in [1.82, 2.24) is 24.3 Å². The van der Waals surface area contributed by atoms with E-state index in [4.69, 9.17) is 16.6 Å². The van der Waals surface area contributed by atoms with Crippen LogP contribution in [0, 0.1) is 12.7 Å². The molecule has 1 atom stereocenters. The maximum Gasteiger partial charge on any atom is 0.355 e. The fourth-order valence-electron chi connectivity index (χ4n) is 6.06. The van der Waals surface area contributed by atoms with Gasteiger partial charge in [0.25, 0.3) is 0 Å². The zero-order valence-corrected chi connectivity index (χ0v) is 26.8. The Hall–Kier alpha value is -4.08. The summed E-state index contributed by atoms with van der Waals surface area (Å²) >= 11 is 6.83. The van der Waals surface area contributed by atoms with Gasteiger partial charge in [0.15, 0.2) is 5.65 Å². The van der Waals surface area contributed by atoms with E-state index in [1.54, 1.807) is 33.7 Å². The fourth-order valence-corrected chi connectivity index (χ4v) is 6.31. The van der Waals surface area contributed by atoms with E-state index in [1.165, 1.54) is 12.1 Å². The number of halogens is 2. The first-order valence-electron chi connectivity index (χ1n) is 14.8. The average molecular weight is 617 g/mol. The largest absolute Gasteiger partial charge is 0.355 e. The molecule has 0 aliphatic carbocycles. The van der Waals surface area contributed by atoms with Crippen LogP contribution in [-0.2, 0) is 11.3 Å². The molecule has 0 spiro atoms. The van der Waals surface area contributed by atoms with Crippen LogP contribution in [0.25, 0.3) is 28.0 Å². The number of piperazine rings is 1. The monoisotopic (exact) mass is 616 g/mol. The standard InChI is InChI=1S/C34H38ClFN6O2/c1-8-29(43)40-13-14-41(22(5)18-40)32-26-17-27(35)30(24-11-9-10-12-28(24)36)37-33(26)42(34(44)38-32)31-21(4)15-23(19-39(6)7)16-25(31)20(2)3/h8-12,15-17,20,22H,1,13-14,18-19H2,2-7H3. The highest BCUT2D eigenvalue weighted by Crippen LogP contribution is 2.37. The summed E-state index contributed by atoms with van der Waals surface area (Å²) in [6.45, 7) is 13.8. The Morgan fingerprint density at radius 1 is 1.18 bits per heavy atom. The second-order valence-electron chi connectivity index (χ2n) is 12.0. The summed E-state index contributed by atoms with van der Waals surface area (Å²) in [7, 11) is 4.04. The lowest BCUT2D eigenvalue weighted by molar-refractivity contribution is -0.126. The van der Waals surface area contributed by atoms with Gasteiger partial charge in [0.1, 0.15) is 11.6 Å². The Bertz CT molecular complexity index is 1820. The van der Waals surface area contributed by atoms with Gasteiger partial charge in [0.2, 0.25) is 5.91 Å². The molecule has 10 heteroatoms. The van der Waals surface area contributed by atoms with Gasteiger partial charge in [-0.05, 0) is 74.8 Å². The predicted octanol–water partition coefficient (Wildman–Crippen LogP) is 5.96. The molecule has 2 aromatic carbocycles. The minimum atomic E-state index is -0.496. The molecule has 1 aliphatic heterocycles. The van der Waals surface area contributed by atoms with E-state index in [-0.39, 0.29) is 34.1 Å². The SMILES string of the molecule is C=CC(=O)N1CCN(c2nc(=O)n(-c3c(C)cc(CN(C)C)cc3C(C)C)c3nc(-c4ccccc4F)c(Cl)cc23)C(C)C1. The number of aromatic nitrogens is 3. The summed E-state index contributed by atoms with van der Waals surface area (Å²) < 4.78 is 16.6. The smallest absolute Gasteiger partial charge is 0.350 e. The van der Waals surface area contributed by atoms with E-state index in [2.05, 4.69) is 42.4 Å². The van der Waals surface area contributed by atoms with Crippen LogP contribution in [0.3, 0.4) is 0 Å². The number of rotatable bonds is 7. The third-order valence-electron chi connectivity index (χ3n) is 8.05. The number of nitrogens with zero attached hydrogens (tertiary/aromatic N) is 6. The van der Waals surface area contributed by atoms with Crippen molar-refractivity contribution in [1.29, 1.82) is 0 Å². The Morgan fingerprint density at radius 3 is 2.55 bits per heavy atom. The van der Waals surface area contributed by atoms with Gasteiger partial charge in [-0.15, -0.1) is 0 Å². The van der Waals surface area contributed by atoms with Gasteiger partial charge >= 0.3 is 5.69 Å². The molecule has 1 fully saturated rings. The quantitative estimate of drug-likeness (QED) is 0.239. The summed E-state index contributed by atoms with van der Waals surface area (Å²) in [6, 6.07) is 12.1. The van der Waals surface area contributed by atoms with E-state index in [0.717, 1.165) is 23.2 Å². The highest BCUT2D eigenvalue weighted by atomic mass is 35.5. The van der Waals surface area contributed by atoms with Crippen LogP contribution in [0.2, 0.25) is 5.02 Å².